The maximum Gasteiger partial charge on any atom is 0.319 e. The molecule has 0 aliphatic carbocycles. The number of aryl methyl sites for hydroxylation is 1. The number of aromatic nitrogens is 7. The second-order valence-corrected chi connectivity index (χ2v) is 15.9. The van der Waals surface area contributed by atoms with Crippen LogP contribution in [-0.2, 0) is 19.4 Å². The van der Waals surface area contributed by atoms with E-state index in [0.717, 1.165) is 16.5 Å². The summed E-state index contributed by atoms with van der Waals surface area (Å²) in [7, 11) is 2.77. The molecule has 0 saturated heterocycles. The van der Waals surface area contributed by atoms with E-state index in [9.17, 15) is 29.7 Å². The van der Waals surface area contributed by atoms with Crippen LogP contribution in [0.25, 0.3) is 43.9 Å². The predicted molar refractivity (Wildman–Crippen MR) is 227 cm³/mol. The first-order valence-corrected chi connectivity index (χ1v) is 19.8. The quantitative estimate of drug-likeness (QED) is 0.109. The lowest BCUT2D eigenvalue weighted by Crippen LogP contribution is -2.40. The van der Waals surface area contributed by atoms with Gasteiger partial charge in [-0.25, -0.2) is 14.3 Å². The molecule has 11 N–H and O–H groups in total. The zero-order valence-corrected chi connectivity index (χ0v) is 33.5. The highest BCUT2D eigenvalue weighted by atomic mass is 16.5. The van der Waals surface area contributed by atoms with Crippen LogP contribution >= 0.6 is 0 Å². The lowest BCUT2D eigenvalue weighted by molar-refractivity contribution is -0.678. The van der Waals surface area contributed by atoms with E-state index in [4.69, 9.17) is 20.9 Å². The number of primary amides is 1. The molecule has 0 saturated carbocycles. The van der Waals surface area contributed by atoms with Gasteiger partial charge in [0.15, 0.2) is 34.8 Å². The first-order chi connectivity index (χ1) is 29.9. The molecule has 8 heterocycles. The number of anilines is 4. The van der Waals surface area contributed by atoms with Crippen LogP contribution in [0, 0.1) is 6.92 Å². The van der Waals surface area contributed by atoms with Crippen LogP contribution in [0.4, 0.5) is 27.7 Å². The summed E-state index contributed by atoms with van der Waals surface area (Å²) in [5.41, 5.74) is 18.7. The van der Waals surface area contributed by atoms with Crippen molar-refractivity contribution in [3.8, 4) is 28.7 Å². The standard InChI is InChI=1S/C42H38N12O8/c1-16-11-45-30-25(55)10-24-27(26(16)30)17(12-51-15-48-38(43)31-39(51)47-14-46-31)13-54(24)41(59)23-9-20-18-4-6-52(32(18)34(56)36(61-2)28(20)50-23)40(58)22-8-21-19-5-7-53(42(44)60)33(19)35(57)37(62-3)29(21)49-22/h8-11,14-15,17,45H,4-7,12-13H2,1-3H3,(H9,43,44,46,47,49,50,55,56,57,58,59,60)/p+1/t17-/m1/s1. The van der Waals surface area contributed by atoms with Crippen molar-refractivity contribution in [3.63, 3.8) is 0 Å². The molecule has 0 fully saturated rings. The zero-order valence-electron chi connectivity index (χ0n) is 33.5. The normalized spacial score (nSPS) is 15.7. The number of benzene rings is 3. The monoisotopic (exact) mass is 839 g/mol. The second kappa shape index (κ2) is 12.9. The Morgan fingerprint density at radius 2 is 1.47 bits per heavy atom. The number of carbonyl (C=O) groups excluding carboxylic acids is 3. The van der Waals surface area contributed by atoms with Gasteiger partial charge < -0.3 is 61.0 Å². The highest BCUT2D eigenvalue weighted by Crippen LogP contribution is 2.52. The third-order valence-corrected chi connectivity index (χ3v) is 12.7. The number of H-pyrrole nitrogens is 4. The summed E-state index contributed by atoms with van der Waals surface area (Å²) < 4.78 is 13.2. The van der Waals surface area contributed by atoms with Crippen molar-refractivity contribution in [2.45, 2.75) is 32.2 Å². The first kappa shape index (κ1) is 36.9. The molecule has 0 bridgehead atoms. The Balaban J connectivity index is 0.980. The molecule has 314 valence electrons. The summed E-state index contributed by atoms with van der Waals surface area (Å²) >= 11 is 0. The molecule has 11 rings (SSSR count). The van der Waals surface area contributed by atoms with E-state index >= 15 is 0 Å². The first-order valence-electron chi connectivity index (χ1n) is 19.8. The molecule has 3 aliphatic rings. The number of hydrogen-bond donors (Lipinski definition) is 9. The topological polar surface area (TPSA) is 285 Å². The van der Waals surface area contributed by atoms with Crippen LogP contribution < -0.4 is 40.2 Å². The number of nitrogen functional groups attached to an aromatic ring is 1. The Kier molecular flexibility index (Phi) is 7.69. The van der Waals surface area contributed by atoms with Crippen molar-refractivity contribution in [1.82, 2.24) is 29.9 Å². The number of aromatic amines is 4. The summed E-state index contributed by atoms with van der Waals surface area (Å²) in [4.78, 5) is 67.2. The van der Waals surface area contributed by atoms with E-state index in [1.165, 1.54) is 24.0 Å². The fourth-order valence-corrected chi connectivity index (χ4v) is 10.0. The molecule has 20 nitrogen and oxygen atoms in total. The van der Waals surface area contributed by atoms with Crippen LogP contribution in [-0.4, -0.2) is 96.9 Å². The number of imidazole rings is 1. The molecular formula is C42H39N12O8+. The Morgan fingerprint density at radius 3 is 2.10 bits per heavy atom. The number of ether oxygens (including phenoxy) is 2. The molecule has 3 aliphatic heterocycles. The van der Waals surface area contributed by atoms with Crippen molar-refractivity contribution < 1.29 is 43.7 Å². The number of methoxy groups -OCH3 is 2. The van der Waals surface area contributed by atoms with Gasteiger partial charge in [0, 0.05) is 54.0 Å². The van der Waals surface area contributed by atoms with Crippen molar-refractivity contribution in [2.75, 3.05) is 54.3 Å². The van der Waals surface area contributed by atoms with Gasteiger partial charge in [-0.05, 0) is 54.2 Å². The summed E-state index contributed by atoms with van der Waals surface area (Å²) in [6.07, 6.45) is 5.75. The number of rotatable bonds is 6. The molecule has 8 aromatic rings. The Bertz CT molecular complexity index is 3310. The fraction of sp³-hybridized carbons (Fsp3) is 0.238. The average molecular weight is 840 g/mol. The Morgan fingerprint density at radius 1 is 0.855 bits per heavy atom. The largest absolute Gasteiger partial charge is 0.506 e. The Labute approximate surface area is 349 Å². The van der Waals surface area contributed by atoms with Crippen molar-refractivity contribution in [1.29, 1.82) is 0 Å². The SMILES string of the molecule is COc1c(O)c2c(c3cc(C(=O)N4CCc5c4c(O)c(OC)c4[nH]c(C(=O)N6C[C@@H](C[n+]7cnc(N)c8nc[nH]c87)c7c6cc(O)c6[nH]cc(C)c76)cc54)[nH]c13)CCN2C(N)=O. The number of nitrogens with zero attached hydrogens (tertiary/aromatic N) is 6. The van der Waals surface area contributed by atoms with Gasteiger partial charge in [0.05, 0.1) is 54.4 Å². The van der Waals surface area contributed by atoms with Crippen LogP contribution in [0.1, 0.15) is 49.1 Å². The number of carbonyl (C=O) groups is 3. The van der Waals surface area contributed by atoms with E-state index in [1.807, 2.05) is 17.7 Å². The molecule has 1 atom stereocenters. The summed E-state index contributed by atoms with van der Waals surface area (Å²) in [5.74, 6) is -1.29. The van der Waals surface area contributed by atoms with Crippen LogP contribution in [0.15, 0.2) is 37.1 Å². The van der Waals surface area contributed by atoms with Crippen molar-refractivity contribution in [3.05, 3.63) is 70.7 Å². The second-order valence-electron chi connectivity index (χ2n) is 15.9. The third kappa shape index (κ3) is 4.87. The van der Waals surface area contributed by atoms with Gasteiger partial charge in [-0.1, -0.05) is 4.98 Å². The van der Waals surface area contributed by atoms with E-state index in [1.54, 1.807) is 35.8 Å². The molecule has 0 radical (unpaired) electrons. The maximum atomic E-state index is 14.8. The molecule has 0 spiro atoms. The zero-order chi connectivity index (χ0) is 43.0. The van der Waals surface area contributed by atoms with Gasteiger partial charge in [-0.3, -0.25) is 19.5 Å². The number of phenols is 3. The van der Waals surface area contributed by atoms with E-state index in [2.05, 4.69) is 29.9 Å². The minimum Gasteiger partial charge on any atom is -0.506 e. The fourth-order valence-electron chi connectivity index (χ4n) is 10.0. The van der Waals surface area contributed by atoms with E-state index < -0.39 is 11.9 Å². The number of nitrogens with two attached hydrogens (primary N) is 2. The number of fused-ring (bicyclic) bond motifs is 10. The average Bonchev–Trinajstić information content (AvgIpc) is 4.11. The predicted octanol–water partition coefficient (Wildman–Crippen LogP) is 3.80. The van der Waals surface area contributed by atoms with Crippen LogP contribution in [0.2, 0.25) is 0 Å². The smallest absolute Gasteiger partial charge is 0.319 e. The molecule has 5 aromatic heterocycles. The summed E-state index contributed by atoms with van der Waals surface area (Å²) in [5, 5.41) is 36.2. The number of aromatic hydroxyl groups is 3. The highest BCUT2D eigenvalue weighted by molar-refractivity contribution is 6.16. The number of amides is 4. The van der Waals surface area contributed by atoms with E-state index in [0.29, 0.717) is 74.7 Å². The van der Waals surface area contributed by atoms with Gasteiger partial charge in [0.25, 0.3) is 17.5 Å². The van der Waals surface area contributed by atoms with E-state index in [-0.39, 0.29) is 88.8 Å². The summed E-state index contributed by atoms with van der Waals surface area (Å²) in [6.45, 7) is 3.04. The van der Waals surface area contributed by atoms with Crippen molar-refractivity contribution in [2.24, 2.45) is 5.73 Å². The Hall–Kier alpha value is -8.16. The van der Waals surface area contributed by atoms with Gasteiger partial charge in [0.2, 0.25) is 12.1 Å². The van der Waals surface area contributed by atoms with Gasteiger partial charge in [-0.2, -0.15) is 0 Å². The van der Waals surface area contributed by atoms with Gasteiger partial charge >= 0.3 is 6.03 Å². The van der Waals surface area contributed by atoms with Gasteiger partial charge in [-0.15, -0.1) is 0 Å². The number of nitrogens with one attached hydrogen (secondary N) is 4. The highest BCUT2D eigenvalue weighted by Gasteiger charge is 2.40. The van der Waals surface area contributed by atoms with Crippen LogP contribution in [0.3, 0.4) is 0 Å². The molecule has 3 aromatic carbocycles. The minimum atomic E-state index is -0.726. The number of urea groups is 1. The van der Waals surface area contributed by atoms with Crippen molar-refractivity contribution >= 4 is 84.6 Å². The molecule has 4 amide bonds. The van der Waals surface area contributed by atoms with Gasteiger partial charge in [0.1, 0.15) is 17.1 Å². The van der Waals surface area contributed by atoms with Crippen LogP contribution in [0.5, 0.6) is 28.7 Å². The molecule has 20 heteroatoms. The number of phenolic OH excluding ortho intramolecular Hbond substituents is 3. The lowest BCUT2D eigenvalue weighted by Gasteiger charge is -2.19. The minimum absolute atomic E-state index is 0.00360. The maximum absolute atomic E-state index is 14.8. The lowest BCUT2D eigenvalue weighted by atomic mass is 9.95. The molecular weight excluding hydrogens is 801 g/mol. The molecule has 0 unspecified atom stereocenters. The molecule has 62 heavy (non-hydrogen) atoms. The summed E-state index contributed by atoms with van der Waals surface area (Å²) in [6, 6.07) is 4.22. The number of hydrogen-bond acceptors (Lipinski definition) is 11. The third-order valence-electron chi connectivity index (χ3n) is 12.7.